The summed E-state index contributed by atoms with van der Waals surface area (Å²) >= 11 is 0. The molecule has 1 aliphatic heterocycles. The zero-order valence-electron chi connectivity index (χ0n) is 12.1. The van der Waals surface area contributed by atoms with Crippen molar-refractivity contribution < 1.29 is 14.5 Å². The number of nitrogens with zero attached hydrogens (tertiary/aromatic N) is 2. The van der Waals surface area contributed by atoms with Crippen LogP contribution < -0.4 is 0 Å². The van der Waals surface area contributed by atoms with Crippen LogP contribution in [0, 0.1) is 10.1 Å². The van der Waals surface area contributed by atoms with E-state index >= 15 is 0 Å². The zero-order valence-corrected chi connectivity index (χ0v) is 12.1. The normalized spacial score (nSPS) is 21.7. The molecule has 0 aromatic heterocycles. The summed E-state index contributed by atoms with van der Waals surface area (Å²) < 4.78 is 0. The number of rotatable bonds is 2. The van der Waals surface area contributed by atoms with Crippen molar-refractivity contribution in [3.8, 4) is 0 Å². The number of carbonyl (C=O) groups excluding carboxylic acids is 2. The summed E-state index contributed by atoms with van der Waals surface area (Å²) in [4.78, 5) is 37.0. The Kier molecular flexibility index (Phi) is 3.52. The maximum absolute atomic E-state index is 12.5. The fourth-order valence-corrected chi connectivity index (χ4v) is 3.25. The molecule has 114 valence electrons. The van der Waals surface area contributed by atoms with Crippen molar-refractivity contribution in [2.45, 2.75) is 38.3 Å². The average Bonchev–Trinajstić information content (AvgIpc) is 2.70. The minimum absolute atomic E-state index is 0.0219. The van der Waals surface area contributed by atoms with Gasteiger partial charge in [0.25, 0.3) is 11.6 Å². The molecule has 1 fully saturated rings. The highest BCUT2D eigenvalue weighted by Gasteiger charge is 2.39. The van der Waals surface area contributed by atoms with E-state index in [1.54, 1.807) is 6.07 Å². The number of carbonyl (C=O) groups is 2. The van der Waals surface area contributed by atoms with Gasteiger partial charge < -0.3 is 4.90 Å². The van der Waals surface area contributed by atoms with E-state index in [2.05, 4.69) is 6.58 Å². The lowest BCUT2D eigenvalue weighted by atomic mass is 10.1. The third kappa shape index (κ3) is 2.30. The molecule has 0 saturated heterocycles. The van der Waals surface area contributed by atoms with Crippen LogP contribution in [-0.2, 0) is 11.3 Å². The number of amides is 1. The molecule has 0 radical (unpaired) electrons. The number of hydrogen-bond donors (Lipinski definition) is 0. The van der Waals surface area contributed by atoms with Crippen LogP contribution in [0.25, 0.3) is 0 Å². The van der Waals surface area contributed by atoms with Gasteiger partial charge in [-0.15, -0.1) is 0 Å². The Morgan fingerprint density at radius 2 is 2.09 bits per heavy atom. The fourth-order valence-electron chi connectivity index (χ4n) is 3.25. The number of benzene rings is 1. The van der Waals surface area contributed by atoms with Gasteiger partial charge in [0.1, 0.15) is 0 Å². The van der Waals surface area contributed by atoms with Gasteiger partial charge in [0.15, 0.2) is 5.78 Å². The van der Waals surface area contributed by atoms with E-state index in [0.717, 1.165) is 18.4 Å². The monoisotopic (exact) mass is 300 g/mol. The first-order valence-electron chi connectivity index (χ1n) is 7.25. The van der Waals surface area contributed by atoms with Gasteiger partial charge in [-0.1, -0.05) is 18.2 Å². The lowest BCUT2D eigenvalue weighted by Crippen LogP contribution is -2.40. The Balaban J connectivity index is 1.93. The largest absolute Gasteiger partial charge is 0.324 e. The maximum Gasteiger partial charge on any atom is 0.275 e. The van der Waals surface area contributed by atoms with Gasteiger partial charge >= 0.3 is 0 Å². The van der Waals surface area contributed by atoms with E-state index in [1.807, 2.05) is 0 Å². The predicted octanol–water partition coefficient (Wildman–Crippen LogP) is 2.62. The lowest BCUT2D eigenvalue weighted by Gasteiger charge is -2.25. The third-order valence-corrected chi connectivity index (χ3v) is 4.35. The van der Waals surface area contributed by atoms with E-state index in [-0.39, 0.29) is 30.3 Å². The summed E-state index contributed by atoms with van der Waals surface area (Å²) in [6, 6.07) is 3.99. The third-order valence-electron chi connectivity index (χ3n) is 4.35. The predicted molar refractivity (Wildman–Crippen MR) is 79.4 cm³/mol. The van der Waals surface area contributed by atoms with Crippen molar-refractivity contribution in [2.75, 3.05) is 0 Å². The molecule has 2 aliphatic rings. The molecule has 1 aliphatic carbocycles. The Bertz CT molecular complexity index is 695. The molecule has 22 heavy (non-hydrogen) atoms. The maximum atomic E-state index is 12.5. The van der Waals surface area contributed by atoms with Gasteiger partial charge in [-0.25, -0.2) is 0 Å². The van der Waals surface area contributed by atoms with E-state index in [9.17, 15) is 19.7 Å². The molecule has 6 heteroatoms. The van der Waals surface area contributed by atoms with Crippen molar-refractivity contribution in [1.29, 1.82) is 0 Å². The number of nitro benzene ring substituents is 1. The molecule has 0 N–H and O–H groups in total. The first-order valence-corrected chi connectivity index (χ1v) is 7.25. The first kappa shape index (κ1) is 14.4. The Morgan fingerprint density at radius 1 is 1.32 bits per heavy atom. The molecule has 6 nitrogen and oxygen atoms in total. The van der Waals surface area contributed by atoms with Crippen molar-refractivity contribution in [2.24, 2.45) is 0 Å². The molecule has 0 unspecified atom stereocenters. The Labute approximate surface area is 127 Å². The second-order valence-corrected chi connectivity index (χ2v) is 5.79. The van der Waals surface area contributed by atoms with Crippen LogP contribution in [0.5, 0.6) is 0 Å². The van der Waals surface area contributed by atoms with Crippen LogP contribution in [0.1, 0.15) is 41.6 Å². The quantitative estimate of drug-likeness (QED) is 0.364. The minimum atomic E-state index is -0.501. The molecule has 3 rings (SSSR count). The van der Waals surface area contributed by atoms with Crippen LogP contribution in [0.3, 0.4) is 0 Å². The van der Waals surface area contributed by atoms with Crippen LogP contribution in [0.4, 0.5) is 5.69 Å². The zero-order chi connectivity index (χ0) is 15.9. The molecule has 1 heterocycles. The molecule has 1 atom stereocenters. The van der Waals surface area contributed by atoms with Gasteiger partial charge in [-0.3, -0.25) is 19.7 Å². The number of Topliss-reactive ketones (excluding diaryl/α,β-unsaturated/α-hetero) is 1. The molecule has 0 spiro atoms. The molecular formula is C16H16N2O4. The molecule has 1 aromatic carbocycles. The van der Waals surface area contributed by atoms with E-state index in [1.165, 1.54) is 17.0 Å². The number of nitro groups is 1. The second-order valence-electron chi connectivity index (χ2n) is 5.79. The minimum Gasteiger partial charge on any atom is -0.324 e. The summed E-state index contributed by atoms with van der Waals surface area (Å²) in [5.41, 5.74) is 1.58. The summed E-state index contributed by atoms with van der Waals surface area (Å²) in [5, 5.41) is 11.1. The van der Waals surface area contributed by atoms with Gasteiger partial charge in [-0.2, -0.15) is 0 Å². The number of hydrogen-bond acceptors (Lipinski definition) is 4. The molecule has 0 bridgehead atoms. The Hall–Kier alpha value is -2.50. The van der Waals surface area contributed by atoms with Crippen LogP contribution in [0.2, 0.25) is 0 Å². The highest BCUT2D eigenvalue weighted by Crippen LogP contribution is 2.34. The molecule has 1 aromatic rings. The van der Waals surface area contributed by atoms with Gasteiger partial charge in [0, 0.05) is 12.5 Å². The van der Waals surface area contributed by atoms with Gasteiger partial charge in [0.2, 0.25) is 0 Å². The highest BCUT2D eigenvalue weighted by molar-refractivity contribution is 6.02. The van der Waals surface area contributed by atoms with Crippen molar-refractivity contribution in [3.05, 3.63) is 51.6 Å². The van der Waals surface area contributed by atoms with Gasteiger partial charge in [-0.05, 0) is 25.3 Å². The smallest absolute Gasteiger partial charge is 0.275 e. The van der Waals surface area contributed by atoms with Crippen molar-refractivity contribution >= 4 is 17.4 Å². The summed E-state index contributed by atoms with van der Waals surface area (Å²) in [6.07, 6.45) is 2.47. The number of fused-ring (bicyclic) bond motifs is 1. The molecular weight excluding hydrogens is 284 g/mol. The summed E-state index contributed by atoms with van der Waals surface area (Å²) in [7, 11) is 0. The van der Waals surface area contributed by atoms with Gasteiger partial charge in [0.05, 0.1) is 28.6 Å². The number of allylic oxidation sites excluding steroid dienone is 1. The first-order chi connectivity index (χ1) is 10.5. The highest BCUT2D eigenvalue weighted by atomic mass is 16.6. The van der Waals surface area contributed by atoms with Crippen LogP contribution >= 0.6 is 0 Å². The standard InChI is InChI=1S/C16H16N2O4/c1-10-4-2-7-14(15(19)8-10)17-9-12-11(16(17)20)5-3-6-13(12)18(21)22/h3,5-6,14H,1-2,4,7-9H2/t14-/m0/s1. The lowest BCUT2D eigenvalue weighted by molar-refractivity contribution is -0.385. The van der Waals surface area contributed by atoms with E-state index in [0.29, 0.717) is 17.5 Å². The number of ketones is 1. The van der Waals surface area contributed by atoms with Crippen LogP contribution in [-0.4, -0.2) is 27.6 Å². The van der Waals surface area contributed by atoms with E-state index in [4.69, 9.17) is 0 Å². The summed E-state index contributed by atoms with van der Waals surface area (Å²) in [6.45, 7) is 4.00. The second kappa shape index (κ2) is 5.36. The topological polar surface area (TPSA) is 80.5 Å². The Morgan fingerprint density at radius 3 is 2.82 bits per heavy atom. The van der Waals surface area contributed by atoms with Crippen LogP contribution in [0.15, 0.2) is 30.4 Å². The SMILES string of the molecule is C=C1CCC[C@H](N2Cc3c(cccc3[N+](=O)[O-])C2=O)C(=O)C1. The summed E-state index contributed by atoms with van der Waals surface area (Å²) in [5.74, 6) is -0.309. The van der Waals surface area contributed by atoms with E-state index < -0.39 is 11.0 Å². The molecule has 1 saturated carbocycles. The average molecular weight is 300 g/mol. The van der Waals surface area contributed by atoms with Crippen molar-refractivity contribution in [1.82, 2.24) is 4.90 Å². The molecule has 1 amide bonds. The fraction of sp³-hybridized carbons (Fsp3) is 0.375. The van der Waals surface area contributed by atoms with Crippen molar-refractivity contribution in [3.63, 3.8) is 0 Å².